The molecular formula is C15H33NO. The van der Waals surface area contributed by atoms with Crippen LogP contribution in [0.4, 0.5) is 0 Å². The monoisotopic (exact) mass is 243 g/mol. The second-order valence-corrected chi connectivity index (χ2v) is 5.30. The van der Waals surface area contributed by atoms with E-state index in [4.69, 9.17) is 5.11 Å². The minimum atomic E-state index is 0.325. The SMILES string of the molecule is CCCCCCCC(C)NCC(CC)CCO. The molecular weight excluding hydrogens is 210 g/mol. The van der Waals surface area contributed by atoms with Gasteiger partial charge in [0.05, 0.1) is 0 Å². The zero-order valence-electron chi connectivity index (χ0n) is 12.2. The van der Waals surface area contributed by atoms with E-state index < -0.39 is 0 Å². The first-order valence-corrected chi connectivity index (χ1v) is 7.58. The maximum Gasteiger partial charge on any atom is 0.0434 e. The summed E-state index contributed by atoms with van der Waals surface area (Å²) >= 11 is 0. The Labute approximate surface area is 108 Å². The summed E-state index contributed by atoms with van der Waals surface area (Å²) < 4.78 is 0. The van der Waals surface area contributed by atoms with Crippen LogP contribution in [-0.4, -0.2) is 24.3 Å². The highest BCUT2D eigenvalue weighted by Gasteiger charge is 2.07. The molecule has 2 N–H and O–H groups in total. The molecule has 0 saturated heterocycles. The van der Waals surface area contributed by atoms with Crippen molar-refractivity contribution in [3.8, 4) is 0 Å². The highest BCUT2D eigenvalue weighted by molar-refractivity contribution is 4.66. The van der Waals surface area contributed by atoms with E-state index >= 15 is 0 Å². The quantitative estimate of drug-likeness (QED) is 0.512. The first-order chi connectivity index (χ1) is 8.24. The standard InChI is InChI=1S/C15H33NO/c1-4-6-7-8-9-10-14(3)16-13-15(5-2)11-12-17/h14-17H,4-13H2,1-3H3. The van der Waals surface area contributed by atoms with Gasteiger partial charge in [0.1, 0.15) is 0 Å². The van der Waals surface area contributed by atoms with Crippen LogP contribution in [-0.2, 0) is 0 Å². The summed E-state index contributed by atoms with van der Waals surface area (Å²) in [6.07, 6.45) is 10.2. The first-order valence-electron chi connectivity index (χ1n) is 7.58. The topological polar surface area (TPSA) is 32.3 Å². The van der Waals surface area contributed by atoms with E-state index in [1.54, 1.807) is 0 Å². The summed E-state index contributed by atoms with van der Waals surface area (Å²) in [5.74, 6) is 0.641. The van der Waals surface area contributed by atoms with E-state index in [1.807, 2.05) is 0 Å². The molecule has 17 heavy (non-hydrogen) atoms. The Kier molecular flexibility index (Phi) is 12.3. The van der Waals surface area contributed by atoms with Gasteiger partial charge >= 0.3 is 0 Å². The zero-order chi connectivity index (χ0) is 12.9. The largest absolute Gasteiger partial charge is 0.396 e. The van der Waals surface area contributed by atoms with Gasteiger partial charge in [-0.05, 0) is 32.2 Å². The number of aliphatic hydroxyl groups excluding tert-OH is 1. The number of hydrogen-bond acceptors (Lipinski definition) is 2. The Balaban J connectivity index is 3.40. The lowest BCUT2D eigenvalue weighted by Gasteiger charge is -2.19. The lowest BCUT2D eigenvalue weighted by Crippen LogP contribution is -2.31. The van der Waals surface area contributed by atoms with Gasteiger partial charge in [-0.25, -0.2) is 0 Å². The summed E-state index contributed by atoms with van der Waals surface area (Å²) in [6, 6.07) is 0.629. The van der Waals surface area contributed by atoms with Crippen molar-refractivity contribution in [2.75, 3.05) is 13.2 Å². The minimum Gasteiger partial charge on any atom is -0.396 e. The Bertz CT molecular complexity index is 150. The molecule has 0 bridgehead atoms. The highest BCUT2D eigenvalue weighted by Crippen LogP contribution is 2.09. The molecule has 0 aromatic carbocycles. The van der Waals surface area contributed by atoms with E-state index in [9.17, 15) is 0 Å². The summed E-state index contributed by atoms with van der Waals surface area (Å²) in [4.78, 5) is 0. The molecule has 2 nitrogen and oxygen atoms in total. The number of nitrogens with one attached hydrogen (secondary N) is 1. The Morgan fingerprint density at radius 1 is 1.00 bits per heavy atom. The van der Waals surface area contributed by atoms with E-state index in [1.165, 1.54) is 38.5 Å². The molecule has 0 aliphatic heterocycles. The van der Waals surface area contributed by atoms with Crippen molar-refractivity contribution in [1.82, 2.24) is 5.32 Å². The maximum atomic E-state index is 8.93. The molecule has 0 aliphatic carbocycles. The Hall–Kier alpha value is -0.0800. The summed E-state index contributed by atoms with van der Waals surface area (Å²) in [5.41, 5.74) is 0. The first kappa shape index (κ1) is 16.9. The van der Waals surface area contributed by atoms with Gasteiger partial charge in [-0.1, -0.05) is 52.4 Å². The predicted molar refractivity (Wildman–Crippen MR) is 76.3 cm³/mol. The van der Waals surface area contributed by atoms with Gasteiger partial charge in [0.25, 0.3) is 0 Å². The molecule has 0 rings (SSSR count). The molecule has 0 saturated carbocycles. The summed E-state index contributed by atoms with van der Waals surface area (Å²) in [5, 5.41) is 12.5. The predicted octanol–water partition coefficient (Wildman–Crippen LogP) is 3.73. The molecule has 0 aliphatic rings. The molecule has 0 fully saturated rings. The fourth-order valence-electron chi connectivity index (χ4n) is 2.16. The van der Waals surface area contributed by atoms with E-state index in [-0.39, 0.29) is 0 Å². The van der Waals surface area contributed by atoms with Gasteiger partial charge in [0, 0.05) is 12.6 Å². The van der Waals surface area contributed by atoms with Crippen LogP contribution < -0.4 is 5.32 Å². The van der Waals surface area contributed by atoms with E-state index in [0.717, 1.165) is 19.4 Å². The van der Waals surface area contributed by atoms with Gasteiger partial charge in [-0.2, -0.15) is 0 Å². The smallest absolute Gasteiger partial charge is 0.0434 e. The maximum absolute atomic E-state index is 8.93. The second-order valence-electron chi connectivity index (χ2n) is 5.30. The van der Waals surface area contributed by atoms with Crippen LogP contribution in [0.2, 0.25) is 0 Å². The Morgan fingerprint density at radius 3 is 2.29 bits per heavy atom. The number of unbranched alkanes of at least 4 members (excludes halogenated alkanes) is 4. The van der Waals surface area contributed by atoms with Crippen molar-refractivity contribution in [2.24, 2.45) is 5.92 Å². The Morgan fingerprint density at radius 2 is 1.71 bits per heavy atom. The van der Waals surface area contributed by atoms with Crippen LogP contribution in [0.1, 0.15) is 72.1 Å². The average Bonchev–Trinajstić information content (AvgIpc) is 2.34. The lowest BCUT2D eigenvalue weighted by atomic mass is 10.0. The van der Waals surface area contributed by atoms with Crippen molar-refractivity contribution in [1.29, 1.82) is 0 Å². The molecule has 0 aromatic rings. The molecule has 0 radical (unpaired) electrons. The van der Waals surface area contributed by atoms with Crippen molar-refractivity contribution < 1.29 is 5.11 Å². The number of rotatable bonds is 12. The van der Waals surface area contributed by atoms with Crippen LogP contribution >= 0.6 is 0 Å². The molecule has 0 aromatic heterocycles. The molecule has 0 heterocycles. The second kappa shape index (κ2) is 12.4. The molecule has 104 valence electrons. The summed E-state index contributed by atoms with van der Waals surface area (Å²) in [7, 11) is 0. The minimum absolute atomic E-state index is 0.325. The average molecular weight is 243 g/mol. The molecule has 0 amide bonds. The lowest BCUT2D eigenvalue weighted by molar-refractivity contribution is 0.248. The number of aliphatic hydroxyl groups is 1. The van der Waals surface area contributed by atoms with Gasteiger partial charge in [-0.15, -0.1) is 0 Å². The van der Waals surface area contributed by atoms with Crippen molar-refractivity contribution in [3.63, 3.8) is 0 Å². The van der Waals surface area contributed by atoms with Gasteiger partial charge in [0.2, 0.25) is 0 Å². The van der Waals surface area contributed by atoms with Gasteiger partial charge in [-0.3, -0.25) is 0 Å². The zero-order valence-corrected chi connectivity index (χ0v) is 12.2. The third-order valence-electron chi connectivity index (χ3n) is 3.61. The van der Waals surface area contributed by atoms with Gasteiger partial charge < -0.3 is 10.4 Å². The van der Waals surface area contributed by atoms with Crippen LogP contribution in [0.25, 0.3) is 0 Å². The molecule has 2 unspecified atom stereocenters. The van der Waals surface area contributed by atoms with Crippen LogP contribution in [0.5, 0.6) is 0 Å². The van der Waals surface area contributed by atoms with E-state index in [2.05, 4.69) is 26.1 Å². The fraction of sp³-hybridized carbons (Fsp3) is 1.00. The van der Waals surface area contributed by atoms with Crippen LogP contribution in [0, 0.1) is 5.92 Å². The van der Waals surface area contributed by atoms with Crippen LogP contribution in [0.15, 0.2) is 0 Å². The van der Waals surface area contributed by atoms with Crippen molar-refractivity contribution >= 4 is 0 Å². The van der Waals surface area contributed by atoms with Crippen molar-refractivity contribution in [3.05, 3.63) is 0 Å². The van der Waals surface area contributed by atoms with Crippen LogP contribution in [0.3, 0.4) is 0 Å². The van der Waals surface area contributed by atoms with Gasteiger partial charge in [0.15, 0.2) is 0 Å². The van der Waals surface area contributed by atoms with E-state index in [0.29, 0.717) is 18.6 Å². The third kappa shape index (κ3) is 10.8. The molecule has 0 spiro atoms. The molecule has 2 atom stereocenters. The normalized spacial score (nSPS) is 14.8. The highest BCUT2D eigenvalue weighted by atomic mass is 16.3. The third-order valence-corrected chi connectivity index (χ3v) is 3.61. The van der Waals surface area contributed by atoms with Crippen molar-refractivity contribution in [2.45, 2.75) is 78.2 Å². The fourth-order valence-corrected chi connectivity index (χ4v) is 2.16. The molecule has 2 heteroatoms. The summed E-state index contributed by atoms with van der Waals surface area (Å²) in [6.45, 7) is 8.14. The number of hydrogen-bond donors (Lipinski definition) is 2.